The number of nitriles is 3. The zero-order valence-corrected chi connectivity index (χ0v) is 19.6. The van der Waals surface area contributed by atoms with Crippen molar-refractivity contribution in [2.75, 3.05) is 19.8 Å². The van der Waals surface area contributed by atoms with Gasteiger partial charge in [-0.2, -0.15) is 15.8 Å². The molecular weight excluding hydrogens is 510 g/mol. The van der Waals surface area contributed by atoms with Crippen LogP contribution in [0.25, 0.3) is 0 Å². The van der Waals surface area contributed by atoms with Crippen LogP contribution in [0.15, 0.2) is 0 Å². The van der Waals surface area contributed by atoms with Crippen molar-refractivity contribution in [1.82, 2.24) is 0 Å². The third kappa shape index (κ3) is 6.37. The summed E-state index contributed by atoms with van der Waals surface area (Å²) in [6, 6.07) is 5.01. The summed E-state index contributed by atoms with van der Waals surface area (Å²) in [5.74, 6) is -2.34. The minimum absolute atomic E-state index is 0. The Balaban J connectivity index is 0. The number of nitrogens with zero attached hydrogens (tertiary/aromatic N) is 3. The molecule has 0 amide bonds. The second-order valence-corrected chi connectivity index (χ2v) is 8.66. The van der Waals surface area contributed by atoms with Crippen LogP contribution in [0, 0.1) is 50.2 Å². The quantitative estimate of drug-likeness (QED) is 0.160. The molecule has 3 heterocycles. The van der Waals surface area contributed by atoms with E-state index in [0.717, 1.165) is 0 Å². The number of esters is 3. The summed E-state index contributed by atoms with van der Waals surface area (Å²) >= 11 is 0. The van der Waals surface area contributed by atoms with Crippen LogP contribution in [0.4, 0.5) is 0 Å². The Labute approximate surface area is 220 Å². The molecular formula is C23H35N3O12. The van der Waals surface area contributed by atoms with Gasteiger partial charge in [-0.1, -0.05) is 14.9 Å². The first kappa shape index (κ1) is 36.8. The van der Waals surface area contributed by atoms with E-state index in [0.29, 0.717) is 0 Å². The van der Waals surface area contributed by atoms with Crippen LogP contribution < -0.4 is 0 Å². The fraction of sp³-hybridized carbons (Fsp3) is 0.739. The maximum atomic E-state index is 11.0. The monoisotopic (exact) mass is 545 g/mol. The van der Waals surface area contributed by atoms with Gasteiger partial charge < -0.3 is 44.8 Å². The highest BCUT2D eigenvalue weighted by molar-refractivity contribution is 5.84. The fourth-order valence-corrected chi connectivity index (χ4v) is 3.20. The minimum Gasteiger partial charge on any atom is -0.456 e. The molecule has 3 aliphatic rings. The smallest absolute Gasteiger partial charge is 0.329 e. The second kappa shape index (κ2) is 14.0. The molecule has 0 aliphatic carbocycles. The molecule has 0 radical (unpaired) electrons. The summed E-state index contributed by atoms with van der Waals surface area (Å²) in [6.45, 7) is 2.46. The highest BCUT2D eigenvalue weighted by Crippen LogP contribution is 2.34. The summed E-state index contributed by atoms with van der Waals surface area (Å²) in [5.41, 5.74) is -4.60. The van der Waals surface area contributed by atoms with Gasteiger partial charge in [0, 0.05) is 0 Å². The molecule has 214 valence electrons. The average Bonchev–Trinajstić information content (AvgIpc) is 3.35. The molecule has 0 aromatic heterocycles. The van der Waals surface area contributed by atoms with Crippen LogP contribution in [0.2, 0.25) is 0 Å². The van der Waals surface area contributed by atoms with Crippen LogP contribution in [0.5, 0.6) is 0 Å². The van der Waals surface area contributed by atoms with Crippen LogP contribution >= 0.6 is 0 Å². The summed E-state index contributed by atoms with van der Waals surface area (Å²) in [7, 11) is 0. The van der Waals surface area contributed by atoms with Crippen LogP contribution in [0.1, 0.15) is 35.6 Å². The minimum atomic E-state index is -1.53. The number of aliphatic hydroxyl groups excluding tert-OH is 6. The van der Waals surface area contributed by atoms with E-state index in [1.165, 1.54) is 20.8 Å². The van der Waals surface area contributed by atoms with Crippen molar-refractivity contribution >= 4 is 17.9 Å². The van der Waals surface area contributed by atoms with Crippen molar-refractivity contribution in [2.24, 2.45) is 16.2 Å². The molecule has 3 aliphatic heterocycles. The predicted octanol–water partition coefficient (Wildman–Crippen LogP) is -2.34. The Bertz CT molecular complexity index is 864. The Kier molecular flexibility index (Phi) is 13.5. The largest absolute Gasteiger partial charge is 0.456 e. The lowest BCUT2D eigenvalue weighted by molar-refractivity contribution is -0.148. The van der Waals surface area contributed by atoms with Gasteiger partial charge in [-0.05, 0) is 20.8 Å². The third-order valence-electron chi connectivity index (χ3n) is 6.12. The molecule has 0 spiro atoms. The second-order valence-electron chi connectivity index (χ2n) is 8.66. The molecule has 15 heteroatoms. The van der Waals surface area contributed by atoms with Gasteiger partial charge in [0.2, 0.25) is 0 Å². The predicted molar refractivity (Wildman–Crippen MR) is 124 cm³/mol. The first-order valence-electron chi connectivity index (χ1n) is 10.4. The fourth-order valence-electron chi connectivity index (χ4n) is 3.20. The molecule has 3 rings (SSSR count). The molecule has 6 N–H and O–H groups in total. The topological polar surface area (TPSA) is 272 Å². The van der Waals surface area contributed by atoms with Crippen molar-refractivity contribution in [3.63, 3.8) is 0 Å². The Morgan fingerprint density at radius 3 is 0.868 bits per heavy atom. The molecule has 9 atom stereocenters. The lowest BCUT2D eigenvalue weighted by Gasteiger charge is -2.15. The third-order valence-corrected chi connectivity index (χ3v) is 6.12. The van der Waals surface area contributed by atoms with Gasteiger partial charge in [0.15, 0.2) is 34.6 Å². The van der Waals surface area contributed by atoms with E-state index in [1.807, 2.05) is 0 Å². The number of carbonyl (C=O) groups excluding carboxylic acids is 3. The molecule has 38 heavy (non-hydrogen) atoms. The number of aliphatic hydroxyl groups is 6. The van der Waals surface area contributed by atoms with E-state index in [4.69, 9.17) is 31.1 Å². The zero-order chi connectivity index (χ0) is 28.1. The van der Waals surface area contributed by atoms with Crippen molar-refractivity contribution in [2.45, 2.75) is 72.2 Å². The van der Waals surface area contributed by atoms with Crippen LogP contribution in [-0.2, 0) is 28.6 Å². The van der Waals surface area contributed by atoms with E-state index in [-0.39, 0.29) is 14.9 Å². The van der Waals surface area contributed by atoms with Crippen molar-refractivity contribution in [3.8, 4) is 18.2 Å². The number of hydrogen-bond acceptors (Lipinski definition) is 15. The molecule has 3 fully saturated rings. The summed E-state index contributed by atoms with van der Waals surface area (Å²) in [6.07, 6.45) is -6.66. The molecule has 0 saturated carbocycles. The number of rotatable bonds is 3. The van der Waals surface area contributed by atoms with Gasteiger partial charge in [0.25, 0.3) is 0 Å². The Morgan fingerprint density at radius 2 is 0.789 bits per heavy atom. The van der Waals surface area contributed by atoms with Gasteiger partial charge in [-0.15, -0.1) is 0 Å². The first-order valence-corrected chi connectivity index (χ1v) is 10.4. The highest BCUT2D eigenvalue weighted by atomic mass is 16.6. The van der Waals surface area contributed by atoms with Gasteiger partial charge in [-0.25, -0.2) is 0 Å². The van der Waals surface area contributed by atoms with Crippen LogP contribution in [-0.4, -0.2) is 105 Å². The van der Waals surface area contributed by atoms with E-state index in [2.05, 4.69) is 14.2 Å². The maximum Gasteiger partial charge on any atom is 0.329 e. The van der Waals surface area contributed by atoms with Gasteiger partial charge in [-0.3, -0.25) is 14.4 Å². The van der Waals surface area contributed by atoms with Crippen LogP contribution in [0.3, 0.4) is 0 Å². The zero-order valence-electron chi connectivity index (χ0n) is 19.6. The number of carbonyl (C=O) groups is 3. The van der Waals surface area contributed by atoms with Gasteiger partial charge >= 0.3 is 17.9 Å². The normalized spacial score (nSPS) is 38.5. The Hall–Kier alpha value is -3.36. The number of hydrogen-bond donors (Lipinski definition) is 6. The van der Waals surface area contributed by atoms with Crippen molar-refractivity contribution in [1.29, 1.82) is 15.8 Å². The molecule has 15 nitrogen and oxygen atoms in total. The Morgan fingerprint density at radius 1 is 0.605 bits per heavy atom. The standard InChI is InChI=1S/3C7H9NO4.2CH4/c3*1-7(3-8)5(10)4(2-9)12-6(7)11;;/h3*4-5,9-10H,2H2,1H3;2*1H4/t4-,5?,7?;4-,5-,7+;4-,5-,7-;;/m111../s1. The lowest BCUT2D eigenvalue weighted by Crippen LogP contribution is -2.36. The highest BCUT2D eigenvalue weighted by Gasteiger charge is 2.56. The van der Waals surface area contributed by atoms with Gasteiger partial charge in [0.1, 0.15) is 18.3 Å². The lowest BCUT2D eigenvalue weighted by atomic mass is 9.86. The molecule has 0 aromatic carbocycles. The first-order chi connectivity index (χ1) is 16.7. The van der Waals surface area contributed by atoms with Crippen molar-refractivity contribution in [3.05, 3.63) is 0 Å². The SMILES string of the molecule is C.C.CC1(C#N)C(=O)O[C@H](CO)C1O.C[C@@]1(C#N)C(=O)O[C@H](CO)[C@H]1O.C[C@]1(C#N)C(=O)O[C@H](CO)[C@H]1O. The van der Waals surface area contributed by atoms with E-state index < -0.39 is 90.6 Å². The summed E-state index contributed by atoms with van der Waals surface area (Å²) in [4.78, 5) is 33.0. The summed E-state index contributed by atoms with van der Waals surface area (Å²) < 4.78 is 13.7. The summed E-state index contributed by atoms with van der Waals surface area (Å²) in [5, 5.41) is 79.7. The van der Waals surface area contributed by atoms with E-state index in [9.17, 15) is 29.7 Å². The maximum absolute atomic E-state index is 11.0. The molecule has 3 saturated heterocycles. The molecule has 0 bridgehead atoms. The molecule has 2 unspecified atom stereocenters. The number of ether oxygens (including phenoxy) is 3. The van der Waals surface area contributed by atoms with Crippen molar-refractivity contribution < 1.29 is 59.2 Å². The van der Waals surface area contributed by atoms with E-state index in [1.54, 1.807) is 18.2 Å². The van der Waals surface area contributed by atoms with Gasteiger partial charge in [0.05, 0.1) is 38.0 Å². The van der Waals surface area contributed by atoms with E-state index >= 15 is 0 Å². The average molecular weight is 546 g/mol. The number of cyclic esters (lactones) is 3. The molecule has 0 aromatic rings.